The van der Waals surface area contributed by atoms with Gasteiger partial charge >= 0.3 is 11.9 Å². The van der Waals surface area contributed by atoms with Gasteiger partial charge in [-0.1, -0.05) is 0 Å². The second kappa shape index (κ2) is 20.0. The van der Waals surface area contributed by atoms with Gasteiger partial charge in [0.1, 0.15) is 11.3 Å². The van der Waals surface area contributed by atoms with E-state index in [2.05, 4.69) is 62.8 Å². The number of hydrogen-bond acceptors (Lipinski definition) is 10. The van der Waals surface area contributed by atoms with Crippen LogP contribution in [0, 0.1) is 25.7 Å². The van der Waals surface area contributed by atoms with Gasteiger partial charge in [-0.25, -0.2) is 19.6 Å². The van der Waals surface area contributed by atoms with Gasteiger partial charge in [0.25, 0.3) is 0 Å². The van der Waals surface area contributed by atoms with Crippen LogP contribution in [-0.2, 0) is 18.6 Å². The van der Waals surface area contributed by atoms with E-state index in [1.54, 1.807) is 6.20 Å². The van der Waals surface area contributed by atoms with Crippen LogP contribution < -0.4 is 5.32 Å². The van der Waals surface area contributed by atoms with Crippen molar-refractivity contribution in [2.24, 2.45) is 11.8 Å². The van der Waals surface area contributed by atoms with Crippen molar-refractivity contribution in [2.75, 3.05) is 46.0 Å². The quantitative estimate of drug-likeness (QED) is 0.0790. The molecule has 8 rings (SSSR count). The van der Waals surface area contributed by atoms with Crippen LogP contribution in [0.3, 0.4) is 0 Å². The molecule has 2 atom stereocenters. The van der Waals surface area contributed by atoms with Gasteiger partial charge in [-0.2, -0.15) is 0 Å². The Morgan fingerprint density at radius 1 is 0.767 bits per heavy atom. The fraction of sp³-hybridized carbons (Fsp3) is 0.660. The van der Waals surface area contributed by atoms with Gasteiger partial charge in [-0.15, -0.1) is 0 Å². The van der Waals surface area contributed by atoms with Crippen LogP contribution in [-0.4, -0.2) is 102 Å². The second-order valence-electron chi connectivity index (χ2n) is 18.1. The Labute approximate surface area is 366 Å². The summed E-state index contributed by atoms with van der Waals surface area (Å²) in [4.78, 5) is 36.8. The first-order valence-electron chi connectivity index (χ1n) is 22.8. The summed E-state index contributed by atoms with van der Waals surface area (Å²) in [6.07, 6.45) is 13.3. The number of piperidine rings is 2. The molecule has 0 spiro atoms. The zero-order valence-electron chi connectivity index (χ0n) is 38.1. The number of nitrogens with zero attached hydrogens (tertiary/aromatic N) is 5. The van der Waals surface area contributed by atoms with Gasteiger partial charge in [0.05, 0.1) is 24.3 Å². The summed E-state index contributed by atoms with van der Waals surface area (Å²) < 4.78 is 26.5. The largest absolute Gasteiger partial charge is 0.462 e. The van der Waals surface area contributed by atoms with E-state index in [1.807, 2.05) is 65.1 Å². The third-order valence-corrected chi connectivity index (χ3v) is 13.7. The molecule has 12 nitrogen and oxygen atoms in total. The van der Waals surface area contributed by atoms with E-state index in [1.165, 1.54) is 38.8 Å². The first kappa shape index (κ1) is 45.9. The number of ether oxygens (including phenoxy) is 3. The van der Waals surface area contributed by atoms with Crippen LogP contribution in [0.5, 0.6) is 0 Å². The predicted octanol–water partition coefficient (Wildman–Crippen LogP) is 10.6. The Bertz CT molecular complexity index is 2080. The molecule has 2 saturated carbocycles. The summed E-state index contributed by atoms with van der Waals surface area (Å²) in [5.41, 5.74) is 5.08. The lowest BCUT2D eigenvalue weighted by Crippen LogP contribution is -2.37. The number of likely N-dealkylation sites (tertiary alicyclic amines) is 1. The maximum Gasteiger partial charge on any atom is 0.340 e. The Hall–Kier alpha value is -3.62. The van der Waals surface area contributed by atoms with Gasteiger partial charge < -0.3 is 38.0 Å². The Balaban J connectivity index is 0.000000501. The average molecular weight is 855 g/mol. The van der Waals surface area contributed by atoms with Crippen LogP contribution in [0.25, 0.3) is 22.1 Å². The highest BCUT2D eigenvalue weighted by Gasteiger charge is 2.48. The summed E-state index contributed by atoms with van der Waals surface area (Å²) in [6, 6.07) is 9.23. The number of aromatic nitrogens is 4. The maximum atomic E-state index is 12.5. The van der Waals surface area contributed by atoms with E-state index >= 15 is 0 Å². The summed E-state index contributed by atoms with van der Waals surface area (Å²) in [7, 11) is -1.39. The first-order valence-corrected chi connectivity index (χ1v) is 26.2. The number of fused-ring (bicyclic) bond motifs is 2. The van der Waals surface area contributed by atoms with Crippen molar-refractivity contribution in [2.45, 2.75) is 143 Å². The molecule has 2 saturated heterocycles. The molecule has 0 aromatic carbocycles. The topological polar surface area (TPSA) is 122 Å². The standard InChI is InChI=1S/C21H29N3O2.C18H25N3O2.C8H18O2Si.5H2/c1-4-26-21(25)19-15(3)24(20-18(19)6-5-11-22-20)14(2)16-9-12-23(13-10-16)17-7-8-17;1-4-23-18(22)16-13(3)21(17-15(16)6-5-9-20-17)12(2)14-7-10-19-11-8-14;1-5-9-8(6-7-8)10-11(2,3)4;;;;;/h5-6,11,14,16-17H,4,7-10,12-13H2,1-3H3;5-6,9,12,14,19H,4,7-8,10-11H2,1-3H3;5-7H2,1-4H3;5*1H/t14-;12-;;;;;;/m11....../s1. The zero-order valence-corrected chi connectivity index (χ0v) is 39.1. The number of hydrogen-bond donors (Lipinski definition) is 1. The molecule has 4 aromatic rings. The average Bonchev–Trinajstić information content (AvgIpc) is 4.16. The molecule has 340 valence electrons. The summed E-state index contributed by atoms with van der Waals surface area (Å²) >= 11 is 0. The molecule has 1 N–H and O–H groups in total. The molecule has 2 aliphatic carbocycles. The molecule has 0 unspecified atom stereocenters. The van der Waals surface area contributed by atoms with Gasteiger partial charge in [-0.05, 0) is 169 Å². The summed E-state index contributed by atoms with van der Waals surface area (Å²) in [5.74, 6) is 0.579. The molecule has 6 heterocycles. The molecule has 4 aromatic heterocycles. The number of carbonyl (C=O) groups excluding carboxylic acids is 2. The molecule has 0 radical (unpaired) electrons. The molecule has 13 heteroatoms. The normalized spacial score (nSPS) is 19.5. The lowest BCUT2D eigenvalue weighted by Gasteiger charge is -2.36. The number of pyridine rings is 2. The van der Waals surface area contributed by atoms with Crippen LogP contribution in [0.2, 0.25) is 19.6 Å². The van der Waals surface area contributed by atoms with E-state index in [4.69, 9.17) is 18.6 Å². The minimum Gasteiger partial charge on any atom is -0.462 e. The minimum absolute atomic E-state index is 0. The van der Waals surface area contributed by atoms with Crippen molar-refractivity contribution >= 4 is 42.3 Å². The monoisotopic (exact) mass is 855 g/mol. The smallest absolute Gasteiger partial charge is 0.340 e. The molecule has 0 amide bonds. The third kappa shape index (κ3) is 10.7. The Morgan fingerprint density at radius 2 is 1.23 bits per heavy atom. The van der Waals surface area contributed by atoms with Gasteiger partial charge in [0.15, 0.2) is 14.1 Å². The van der Waals surface area contributed by atoms with Crippen LogP contribution in [0.4, 0.5) is 0 Å². The van der Waals surface area contributed by atoms with E-state index < -0.39 is 8.32 Å². The van der Waals surface area contributed by atoms with Gasteiger partial charge in [-0.3, -0.25) is 0 Å². The SMILES string of the molecule is CCOC(=O)c1c(C)n([C@H](C)C2CCN(C3CC3)CC2)c2ncccc12.CCOC(=O)c1c(C)n([C@H](C)C2CCNCC2)c2ncccc12.CCOC1(O[Si](C)(C)C)CC1.[HH].[HH].[HH].[HH].[HH]. The highest BCUT2D eigenvalue weighted by Crippen LogP contribution is 2.43. The van der Waals surface area contributed by atoms with E-state index in [-0.39, 0.29) is 24.9 Å². The lowest BCUT2D eigenvalue weighted by molar-refractivity contribution is -0.106. The van der Waals surface area contributed by atoms with Crippen molar-refractivity contribution < 1.29 is 35.4 Å². The van der Waals surface area contributed by atoms with E-state index in [9.17, 15) is 9.59 Å². The number of esters is 2. The fourth-order valence-corrected chi connectivity index (χ4v) is 11.0. The zero-order chi connectivity index (χ0) is 43.2. The molecular formula is C47H82N6O6Si. The van der Waals surface area contributed by atoms with E-state index in [0.29, 0.717) is 48.3 Å². The van der Waals surface area contributed by atoms with Crippen LogP contribution in [0.15, 0.2) is 36.7 Å². The Kier molecular flexibility index (Phi) is 15.3. The lowest BCUT2D eigenvalue weighted by atomic mass is 9.90. The molecule has 4 fully saturated rings. The number of carbonyl (C=O) groups is 2. The molecule has 2 aliphatic heterocycles. The number of rotatable bonds is 13. The number of nitrogens with one attached hydrogen (secondary N) is 1. The van der Waals surface area contributed by atoms with Crippen molar-refractivity contribution in [3.8, 4) is 0 Å². The highest BCUT2D eigenvalue weighted by molar-refractivity contribution is 6.69. The molecule has 4 aliphatic rings. The first-order chi connectivity index (χ1) is 28.7. The van der Waals surface area contributed by atoms with Crippen molar-refractivity contribution in [3.05, 3.63) is 59.2 Å². The predicted molar refractivity (Wildman–Crippen MR) is 252 cm³/mol. The van der Waals surface area contributed by atoms with Crippen LogP contribution in [0.1, 0.15) is 137 Å². The Morgan fingerprint density at radius 3 is 1.63 bits per heavy atom. The third-order valence-electron chi connectivity index (χ3n) is 12.7. The van der Waals surface area contributed by atoms with Gasteiger partial charge in [0.2, 0.25) is 0 Å². The van der Waals surface area contributed by atoms with Crippen molar-refractivity contribution in [1.82, 2.24) is 29.3 Å². The fourth-order valence-electron chi connectivity index (χ4n) is 9.59. The van der Waals surface area contributed by atoms with Crippen LogP contribution >= 0.6 is 0 Å². The summed E-state index contributed by atoms with van der Waals surface area (Å²) in [5, 5.41) is 5.21. The minimum atomic E-state index is -1.39. The summed E-state index contributed by atoms with van der Waals surface area (Å²) in [6.45, 7) is 26.9. The maximum absolute atomic E-state index is 12.5. The van der Waals surface area contributed by atoms with Crippen molar-refractivity contribution in [1.29, 1.82) is 0 Å². The highest BCUT2D eigenvalue weighted by atomic mass is 28.4. The molecule has 0 bridgehead atoms. The van der Waals surface area contributed by atoms with E-state index in [0.717, 1.165) is 84.9 Å². The molecular weight excluding hydrogens is 773 g/mol. The van der Waals surface area contributed by atoms with Crippen molar-refractivity contribution in [3.63, 3.8) is 0 Å². The second-order valence-corrected chi connectivity index (χ2v) is 22.5. The van der Waals surface area contributed by atoms with Gasteiger partial charge in [0, 0.05) is 79.3 Å². The molecule has 60 heavy (non-hydrogen) atoms.